The van der Waals surface area contributed by atoms with Crippen LogP contribution in [0, 0.1) is 0 Å². The molecule has 0 atom stereocenters. The van der Waals surface area contributed by atoms with E-state index in [1.165, 1.54) is 25.3 Å². The Morgan fingerprint density at radius 2 is 1.96 bits per heavy atom. The second-order valence-corrected chi connectivity index (χ2v) is 5.21. The fourth-order valence-electron chi connectivity index (χ4n) is 1.91. The Balaban J connectivity index is 1.88. The molecule has 7 heteroatoms. The van der Waals surface area contributed by atoms with Crippen LogP contribution in [0.3, 0.4) is 0 Å². The normalized spacial score (nSPS) is 10.1. The van der Waals surface area contributed by atoms with E-state index in [-0.39, 0.29) is 35.9 Å². The van der Waals surface area contributed by atoms with Gasteiger partial charge >= 0.3 is 5.97 Å². The summed E-state index contributed by atoms with van der Waals surface area (Å²) >= 11 is 5.95. The van der Waals surface area contributed by atoms with Crippen LogP contribution in [0.4, 0.5) is 5.69 Å². The number of hydrogen-bond acceptors (Lipinski definition) is 5. The Morgan fingerprint density at radius 3 is 2.62 bits per heavy atom. The second-order valence-electron chi connectivity index (χ2n) is 4.80. The first kappa shape index (κ1) is 17.6. The van der Waals surface area contributed by atoms with Crippen molar-refractivity contribution in [3.63, 3.8) is 0 Å². The molecule has 2 aromatic rings. The van der Waals surface area contributed by atoms with Gasteiger partial charge in [0.25, 0.3) is 0 Å². The number of ether oxygens (including phenoxy) is 2. The van der Waals surface area contributed by atoms with E-state index in [0.717, 1.165) is 0 Å². The molecule has 0 aliphatic rings. The average molecular weight is 350 g/mol. The molecular formula is C17H16ClNO5. The van der Waals surface area contributed by atoms with Crippen molar-refractivity contribution in [3.8, 4) is 11.5 Å². The van der Waals surface area contributed by atoms with E-state index in [4.69, 9.17) is 16.3 Å². The maximum absolute atomic E-state index is 11.9. The van der Waals surface area contributed by atoms with E-state index in [9.17, 15) is 14.7 Å². The molecule has 126 valence electrons. The van der Waals surface area contributed by atoms with E-state index < -0.39 is 5.97 Å². The van der Waals surface area contributed by atoms with Crippen molar-refractivity contribution in [1.29, 1.82) is 0 Å². The van der Waals surface area contributed by atoms with Crippen LogP contribution < -0.4 is 10.1 Å². The van der Waals surface area contributed by atoms with Crippen molar-refractivity contribution < 1.29 is 24.2 Å². The molecule has 0 aliphatic carbocycles. The van der Waals surface area contributed by atoms with Crippen LogP contribution in [-0.4, -0.2) is 30.7 Å². The van der Waals surface area contributed by atoms with Crippen LogP contribution in [0.2, 0.25) is 5.02 Å². The smallest absolute Gasteiger partial charge is 0.337 e. The van der Waals surface area contributed by atoms with Gasteiger partial charge in [-0.1, -0.05) is 23.7 Å². The van der Waals surface area contributed by atoms with E-state index in [1.54, 1.807) is 24.3 Å². The molecule has 0 bridgehead atoms. The Labute approximate surface area is 144 Å². The molecule has 24 heavy (non-hydrogen) atoms. The summed E-state index contributed by atoms with van der Waals surface area (Å²) in [7, 11) is 1.24. The Bertz CT molecular complexity index is 748. The van der Waals surface area contributed by atoms with Gasteiger partial charge in [0, 0.05) is 0 Å². The summed E-state index contributed by atoms with van der Waals surface area (Å²) in [6, 6.07) is 11.1. The fourth-order valence-corrected chi connectivity index (χ4v) is 2.10. The summed E-state index contributed by atoms with van der Waals surface area (Å²) in [4.78, 5) is 23.2. The van der Waals surface area contributed by atoms with Crippen LogP contribution >= 0.6 is 11.6 Å². The van der Waals surface area contributed by atoms with Gasteiger partial charge < -0.3 is 19.9 Å². The highest BCUT2D eigenvalue weighted by molar-refractivity contribution is 6.32. The topological polar surface area (TPSA) is 84.9 Å². The van der Waals surface area contributed by atoms with E-state index in [2.05, 4.69) is 10.1 Å². The van der Waals surface area contributed by atoms with Gasteiger partial charge in [-0.2, -0.15) is 0 Å². The number of esters is 1. The molecule has 0 heterocycles. The number of rotatable bonds is 6. The molecular weight excluding hydrogens is 334 g/mol. The SMILES string of the molecule is COC(=O)c1ccc(NC(=O)CCOc2ccccc2Cl)c(O)c1. The van der Waals surface area contributed by atoms with Gasteiger partial charge in [0.05, 0.1) is 36.4 Å². The lowest BCUT2D eigenvalue weighted by atomic mass is 10.2. The summed E-state index contributed by atoms with van der Waals surface area (Å²) in [5, 5.41) is 12.9. The molecule has 2 rings (SSSR count). The molecule has 0 spiro atoms. The lowest BCUT2D eigenvalue weighted by Crippen LogP contribution is -2.15. The number of halogens is 1. The minimum Gasteiger partial charge on any atom is -0.506 e. The van der Waals surface area contributed by atoms with Crippen molar-refractivity contribution in [3.05, 3.63) is 53.1 Å². The van der Waals surface area contributed by atoms with Crippen molar-refractivity contribution in [2.24, 2.45) is 0 Å². The number of aromatic hydroxyl groups is 1. The molecule has 1 amide bonds. The van der Waals surface area contributed by atoms with Crippen molar-refractivity contribution in [2.75, 3.05) is 19.0 Å². The number of phenols is 1. The minimum atomic E-state index is -0.573. The standard InChI is InChI=1S/C17H16ClNO5/c1-23-17(22)11-6-7-13(14(20)10-11)19-16(21)8-9-24-15-5-3-2-4-12(15)18/h2-7,10,20H,8-9H2,1H3,(H,19,21). The molecule has 0 aliphatic heterocycles. The molecule has 2 N–H and O–H groups in total. The number of methoxy groups -OCH3 is 1. The van der Waals surface area contributed by atoms with E-state index in [1.807, 2.05) is 0 Å². The zero-order chi connectivity index (χ0) is 17.5. The van der Waals surface area contributed by atoms with Crippen LogP contribution in [0.15, 0.2) is 42.5 Å². The largest absolute Gasteiger partial charge is 0.506 e. The van der Waals surface area contributed by atoms with E-state index in [0.29, 0.717) is 10.8 Å². The van der Waals surface area contributed by atoms with Crippen LogP contribution in [0.25, 0.3) is 0 Å². The summed E-state index contributed by atoms with van der Waals surface area (Å²) in [5.74, 6) is -0.644. The average Bonchev–Trinajstić information content (AvgIpc) is 2.57. The Hall–Kier alpha value is -2.73. The van der Waals surface area contributed by atoms with Crippen molar-refractivity contribution >= 4 is 29.2 Å². The Kier molecular flexibility index (Phi) is 6.03. The van der Waals surface area contributed by atoms with E-state index >= 15 is 0 Å². The summed E-state index contributed by atoms with van der Waals surface area (Å²) < 4.78 is 9.98. The molecule has 0 fully saturated rings. The first-order valence-electron chi connectivity index (χ1n) is 7.09. The number of anilines is 1. The first-order valence-corrected chi connectivity index (χ1v) is 7.47. The lowest BCUT2D eigenvalue weighted by Gasteiger charge is -2.10. The monoisotopic (exact) mass is 349 g/mol. The highest BCUT2D eigenvalue weighted by atomic mass is 35.5. The molecule has 0 radical (unpaired) electrons. The quantitative estimate of drug-likeness (QED) is 0.617. The molecule has 0 saturated heterocycles. The van der Waals surface area contributed by atoms with Gasteiger partial charge in [0.2, 0.25) is 5.91 Å². The molecule has 6 nitrogen and oxygen atoms in total. The van der Waals surface area contributed by atoms with Gasteiger partial charge in [-0.05, 0) is 30.3 Å². The van der Waals surface area contributed by atoms with Gasteiger partial charge in [-0.25, -0.2) is 4.79 Å². The summed E-state index contributed by atoms with van der Waals surface area (Å²) in [5.41, 5.74) is 0.389. The van der Waals surface area contributed by atoms with Gasteiger partial charge in [0.1, 0.15) is 11.5 Å². The first-order chi connectivity index (χ1) is 11.5. The summed E-state index contributed by atoms with van der Waals surface area (Å²) in [6.45, 7) is 0.135. The maximum Gasteiger partial charge on any atom is 0.337 e. The zero-order valence-electron chi connectivity index (χ0n) is 12.9. The number of benzene rings is 2. The number of para-hydroxylation sites is 1. The molecule has 0 unspecified atom stereocenters. The van der Waals surface area contributed by atoms with Crippen LogP contribution in [0.5, 0.6) is 11.5 Å². The van der Waals surface area contributed by atoms with Gasteiger partial charge in [0.15, 0.2) is 0 Å². The minimum absolute atomic E-state index is 0.0728. The summed E-state index contributed by atoms with van der Waals surface area (Å²) in [6.07, 6.45) is 0.0728. The third kappa shape index (κ3) is 4.63. The Morgan fingerprint density at radius 1 is 1.21 bits per heavy atom. The second kappa shape index (κ2) is 8.21. The van der Waals surface area contributed by atoms with Crippen LogP contribution in [-0.2, 0) is 9.53 Å². The molecule has 0 aromatic heterocycles. The number of carbonyl (C=O) groups is 2. The number of carbonyl (C=O) groups excluding carboxylic acids is 2. The predicted octanol–water partition coefficient (Wildman–Crippen LogP) is 3.24. The van der Waals surface area contributed by atoms with Gasteiger partial charge in [-0.3, -0.25) is 4.79 Å². The lowest BCUT2D eigenvalue weighted by molar-refractivity contribution is -0.116. The highest BCUT2D eigenvalue weighted by Gasteiger charge is 2.11. The number of amides is 1. The fraction of sp³-hybridized carbons (Fsp3) is 0.176. The van der Waals surface area contributed by atoms with Crippen LogP contribution in [0.1, 0.15) is 16.8 Å². The van der Waals surface area contributed by atoms with Crippen molar-refractivity contribution in [2.45, 2.75) is 6.42 Å². The number of hydrogen-bond donors (Lipinski definition) is 2. The predicted molar refractivity (Wildman–Crippen MR) is 89.6 cm³/mol. The zero-order valence-corrected chi connectivity index (χ0v) is 13.7. The highest BCUT2D eigenvalue weighted by Crippen LogP contribution is 2.25. The van der Waals surface area contributed by atoms with Gasteiger partial charge in [-0.15, -0.1) is 0 Å². The molecule has 0 saturated carbocycles. The maximum atomic E-state index is 11.9. The third-order valence-electron chi connectivity index (χ3n) is 3.12. The number of phenolic OH excluding ortho intramolecular Hbond substituents is 1. The third-order valence-corrected chi connectivity index (χ3v) is 3.43. The van der Waals surface area contributed by atoms with Crippen molar-refractivity contribution in [1.82, 2.24) is 0 Å². The number of nitrogens with one attached hydrogen (secondary N) is 1. The molecule has 2 aromatic carbocycles.